The van der Waals surface area contributed by atoms with Crippen LogP contribution < -0.4 is 21.1 Å². The van der Waals surface area contributed by atoms with E-state index >= 15 is 0 Å². The molecule has 2 heterocycles. The van der Waals surface area contributed by atoms with Gasteiger partial charge in [0.15, 0.2) is 6.23 Å². The van der Waals surface area contributed by atoms with Gasteiger partial charge in [0.2, 0.25) is 5.91 Å². The fourth-order valence-electron chi connectivity index (χ4n) is 3.65. The van der Waals surface area contributed by atoms with Crippen LogP contribution in [-0.2, 0) is 20.0 Å². The first-order chi connectivity index (χ1) is 18.4. The maximum Gasteiger partial charge on any atom is 0.408 e. The summed E-state index contributed by atoms with van der Waals surface area (Å²) in [6, 6.07) is 7.73. The molecule has 0 radical (unpaired) electrons. The molecule has 1 aromatic carbocycles. The van der Waals surface area contributed by atoms with Gasteiger partial charge in [-0.15, -0.1) is 0 Å². The fourth-order valence-corrected chi connectivity index (χ4v) is 4.66. The molecule has 0 unspecified atom stereocenters. The molecule has 2 amide bonds. The summed E-state index contributed by atoms with van der Waals surface area (Å²) < 4.78 is 16.7. The number of aliphatic hydroxyl groups is 3. The van der Waals surface area contributed by atoms with E-state index in [1.807, 2.05) is 24.3 Å². The van der Waals surface area contributed by atoms with Crippen molar-refractivity contribution in [2.45, 2.75) is 62.7 Å². The molecule has 5 N–H and O–H groups in total. The highest BCUT2D eigenvalue weighted by atomic mass is 32.2. The Hall–Kier alpha value is -3.17. The van der Waals surface area contributed by atoms with Crippen LogP contribution in [0.5, 0.6) is 5.75 Å². The average Bonchev–Trinajstić information content (AvgIpc) is 3.16. The molecule has 39 heavy (non-hydrogen) atoms. The molecule has 214 valence electrons. The van der Waals surface area contributed by atoms with Crippen LogP contribution in [0.2, 0.25) is 0 Å². The number of hydrogen-bond donors (Lipinski definition) is 5. The van der Waals surface area contributed by atoms with Crippen molar-refractivity contribution in [3.63, 3.8) is 0 Å². The van der Waals surface area contributed by atoms with Gasteiger partial charge in [0.25, 0.3) is 0 Å². The molecular formula is C25H34N4O9S. The van der Waals surface area contributed by atoms with Crippen molar-refractivity contribution in [3.8, 4) is 5.75 Å². The molecule has 1 aliphatic heterocycles. The van der Waals surface area contributed by atoms with Crippen molar-refractivity contribution in [2.24, 2.45) is 0 Å². The Morgan fingerprint density at radius 3 is 2.44 bits per heavy atom. The minimum absolute atomic E-state index is 0.0934. The highest BCUT2D eigenvalue weighted by Crippen LogP contribution is 2.28. The monoisotopic (exact) mass is 566 g/mol. The number of ether oxygens (including phenoxy) is 3. The third-order valence-electron chi connectivity index (χ3n) is 5.59. The van der Waals surface area contributed by atoms with Crippen LogP contribution >= 0.6 is 11.8 Å². The van der Waals surface area contributed by atoms with Gasteiger partial charge in [0.1, 0.15) is 41.5 Å². The summed E-state index contributed by atoms with van der Waals surface area (Å²) >= 11 is 1.41. The number of benzene rings is 1. The van der Waals surface area contributed by atoms with E-state index in [2.05, 4.69) is 15.6 Å². The summed E-state index contributed by atoms with van der Waals surface area (Å²) in [4.78, 5) is 41.9. The molecule has 14 heteroatoms. The Balaban J connectivity index is 1.69. The highest BCUT2D eigenvalue weighted by Gasteiger charge is 2.43. The molecule has 0 bridgehead atoms. The number of aromatic nitrogens is 2. The van der Waals surface area contributed by atoms with Crippen molar-refractivity contribution in [3.05, 3.63) is 52.6 Å². The van der Waals surface area contributed by atoms with E-state index in [9.17, 15) is 29.7 Å². The third kappa shape index (κ3) is 8.41. The van der Waals surface area contributed by atoms with Crippen molar-refractivity contribution >= 4 is 29.6 Å². The van der Waals surface area contributed by atoms with Gasteiger partial charge in [-0.1, -0.05) is 12.1 Å². The zero-order chi connectivity index (χ0) is 28.7. The highest BCUT2D eigenvalue weighted by molar-refractivity contribution is 7.98. The molecule has 1 aromatic heterocycles. The van der Waals surface area contributed by atoms with E-state index in [-0.39, 0.29) is 11.6 Å². The standard InChI is InChI=1S/C25H34N4O9S/c1-25(2,3)38-24(35)26-16(13-39-12-14-5-7-15(36-4)8-6-14)21(33)27-18-9-10-29(23(34)28-18)22-20(32)19(31)17(11-30)37-22/h5-10,16-17,19-20,22,30-32H,11-13H2,1-4H3,(H,26,35)(H,27,28,33,34)/t16-,17+,19+,20+,22+/m0/s1. The minimum atomic E-state index is -1.47. The van der Waals surface area contributed by atoms with Crippen LogP contribution in [0.1, 0.15) is 32.6 Å². The van der Waals surface area contributed by atoms with Crippen molar-refractivity contribution in [1.29, 1.82) is 0 Å². The first kappa shape index (κ1) is 30.4. The van der Waals surface area contributed by atoms with Gasteiger partial charge >= 0.3 is 11.8 Å². The predicted molar refractivity (Wildman–Crippen MR) is 142 cm³/mol. The summed E-state index contributed by atoms with van der Waals surface area (Å²) in [7, 11) is 1.58. The lowest BCUT2D eigenvalue weighted by Crippen LogP contribution is -2.47. The number of carbonyl (C=O) groups is 2. The molecule has 0 saturated carbocycles. The molecule has 1 aliphatic rings. The number of anilines is 1. The van der Waals surface area contributed by atoms with E-state index in [1.165, 1.54) is 24.0 Å². The molecule has 0 aliphatic carbocycles. The normalized spacial score (nSPS) is 21.7. The number of rotatable bonds is 10. The van der Waals surface area contributed by atoms with Crippen molar-refractivity contribution in [1.82, 2.24) is 14.9 Å². The van der Waals surface area contributed by atoms with Crippen molar-refractivity contribution < 1.29 is 39.1 Å². The Morgan fingerprint density at radius 1 is 1.18 bits per heavy atom. The Morgan fingerprint density at radius 2 is 1.87 bits per heavy atom. The Labute approximate surface area is 229 Å². The first-order valence-corrected chi connectivity index (χ1v) is 13.3. The predicted octanol–water partition coefficient (Wildman–Crippen LogP) is 0.629. The molecule has 13 nitrogen and oxygen atoms in total. The van der Waals surface area contributed by atoms with Crippen LogP contribution in [0.3, 0.4) is 0 Å². The number of methoxy groups -OCH3 is 1. The summed E-state index contributed by atoms with van der Waals surface area (Å²) in [5.41, 5.74) is -0.649. The molecule has 1 saturated heterocycles. The lowest BCUT2D eigenvalue weighted by Gasteiger charge is -2.23. The number of aliphatic hydroxyl groups excluding tert-OH is 3. The topological polar surface area (TPSA) is 181 Å². The first-order valence-electron chi connectivity index (χ1n) is 12.1. The number of alkyl carbamates (subject to hydrolysis) is 1. The Kier molecular flexibility index (Phi) is 10.3. The summed E-state index contributed by atoms with van der Waals surface area (Å²) in [5.74, 6) is 0.754. The van der Waals surface area contributed by atoms with E-state index in [1.54, 1.807) is 27.9 Å². The molecular weight excluding hydrogens is 532 g/mol. The maximum atomic E-state index is 13.1. The van der Waals surface area contributed by atoms with E-state index in [0.717, 1.165) is 15.9 Å². The molecule has 2 aromatic rings. The summed E-state index contributed by atoms with van der Waals surface area (Å²) in [6.45, 7) is 4.55. The second kappa shape index (κ2) is 13.3. The second-order valence-electron chi connectivity index (χ2n) is 9.78. The number of thioether (sulfide) groups is 1. The lowest BCUT2D eigenvalue weighted by molar-refractivity contribution is -0.117. The molecule has 5 atom stereocenters. The van der Waals surface area contributed by atoms with Gasteiger partial charge in [-0.25, -0.2) is 9.59 Å². The fraction of sp³-hybridized carbons (Fsp3) is 0.520. The van der Waals surface area contributed by atoms with Crippen LogP contribution in [0, 0.1) is 0 Å². The third-order valence-corrected chi connectivity index (χ3v) is 6.70. The van der Waals surface area contributed by atoms with Gasteiger partial charge in [-0.3, -0.25) is 9.36 Å². The van der Waals surface area contributed by atoms with Crippen molar-refractivity contribution in [2.75, 3.05) is 24.8 Å². The van der Waals surface area contributed by atoms with Crippen LogP contribution in [0.15, 0.2) is 41.3 Å². The van der Waals surface area contributed by atoms with Gasteiger partial charge in [-0.2, -0.15) is 16.7 Å². The maximum absolute atomic E-state index is 13.1. The van der Waals surface area contributed by atoms with Gasteiger partial charge in [0.05, 0.1) is 13.7 Å². The smallest absolute Gasteiger partial charge is 0.408 e. The van der Waals surface area contributed by atoms with Gasteiger partial charge in [-0.05, 0) is 44.5 Å². The lowest BCUT2D eigenvalue weighted by atomic mass is 10.1. The largest absolute Gasteiger partial charge is 0.497 e. The van der Waals surface area contributed by atoms with Gasteiger partial charge in [0, 0.05) is 17.7 Å². The van der Waals surface area contributed by atoms with Gasteiger partial charge < -0.3 is 40.2 Å². The van der Waals surface area contributed by atoms with Crippen LogP contribution in [0.25, 0.3) is 0 Å². The summed E-state index contributed by atoms with van der Waals surface area (Å²) in [5, 5.41) is 34.5. The molecule has 0 spiro atoms. The van der Waals surface area contributed by atoms with Crippen LogP contribution in [-0.4, -0.2) is 86.3 Å². The van der Waals surface area contributed by atoms with E-state index < -0.39 is 60.5 Å². The molecule has 3 rings (SSSR count). The quantitative estimate of drug-likeness (QED) is 0.272. The van der Waals surface area contributed by atoms with E-state index in [0.29, 0.717) is 5.75 Å². The second-order valence-corrected chi connectivity index (χ2v) is 10.8. The number of nitrogens with one attached hydrogen (secondary N) is 2. The zero-order valence-electron chi connectivity index (χ0n) is 22.1. The number of nitrogens with zero attached hydrogens (tertiary/aromatic N) is 2. The zero-order valence-corrected chi connectivity index (χ0v) is 22.9. The van der Waals surface area contributed by atoms with Crippen LogP contribution in [0.4, 0.5) is 10.6 Å². The minimum Gasteiger partial charge on any atom is -0.497 e. The average molecular weight is 567 g/mol. The number of amides is 2. The summed E-state index contributed by atoms with van der Waals surface area (Å²) in [6.07, 6.45) is -4.72. The number of hydrogen-bond acceptors (Lipinski definition) is 11. The van der Waals surface area contributed by atoms with E-state index in [4.69, 9.17) is 14.2 Å². The number of carbonyl (C=O) groups excluding carboxylic acids is 2. The Bertz CT molecular complexity index is 1190. The SMILES string of the molecule is COc1ccc(CSC[C@H](NC(=O)OC(C)(C)C)C(=O)Nc2ccn([C@@H]3O[C@H](CO)[C@@H](O)[C@H]3O)c(=O)n2)cc1. The molecule has 1 fully saturated rings.